The van der Waals surface area contributed by atoms with Crippen LogP contribution in [0.3, 0.4) is 0 Å². The van der Waals surface area contributed by atoms with E-state index in [9.17, 15) is 9.59 Å². The van der Waals surface area contributed by atoms with Crippen LogP contribution in [0.5, 0.6) is 0 Å². The number of rotatable bonds is 5. The molecule has 2 rings (SSSR count). The Balaban J connectivity index is 1.90. The number of nitrogens with one attached hydrogen (secondary N) is 1. The maximum atomic E-state index is 12.0. The number of aryl methyl sites for hydroxylation is 1. The molecule has 0 saturated carbocycles. The fraction of sp³-hybridized carbons (Fsp3) is 0.600. The molecule has 0 aliphatic carbocycles. The molecule has 1 aromatic heterocycles. The number of carbonyl (C=O) groups is 1. The van der Waals surface area contributed by atoms with Crippen molar-refractivity contribution in [3.05, 3.63) is 28.7 Å². The molecular formula is C15H24N4O2. The fourth-order valence-electron chi connectivity index (χ4n) is 2.54. The lowest BCUT2D eigenvalue weighted by molar-refractivity contribution is -0.117. The van der Waals surface area contributed by atoms with Crippen LogP contribution in [-0.4, -0.2) is 41.1 Å². The third kappa shape index (κ3) is 4.68. The van der Waals surface area contributed by atoms with Crippen LogP contribution >= 0.6 is 0 Å². The molecule has 2 heterocycles. The number of carbonyl (C=O) groups excluding carboxylic acids is 1. The molecule has 1 saturated heterocycles. The molecular weight excluding hydrogens is 268 g/mol. The molecule has 1 aliphatic rings. The Labute approximate surface area is 124 Å². The summed E-state index contributed by atoms with van der Waals surface area (Å²) in [5, 5.41) is 2.85. The van der Waals surface area contributed by atoms with Gasteiger partial charge in [0.05, 0.1) is 12.2 Å². The molecule has 1 fully saturated rings. The van der Waals surface area contributed by atoms with Gasteiger partial charge in [-0.3, -0.25) is 14.5 Å². The van der Waals surface area contributed by atoms with E-state index in [1.807, 2.05) is 6.92 Å². The highest BCUT2D eigenvalue weighted by Gasteiger charge is 2.18. The van der Waals surface area contributed by atoms with E-state index in [1.54, 1.807) is 16.8 Å². The second-order valence-electron chi connectivity index (χ2n) is 5.61. The van der Waals surface area contributed by atoms with Crippen LogP contribution in [0.15, 0.2) is 23.1 Å². The van der Waals surface area contributed by atoms with Crippen molar-refractivity contribution < 1.29 is 4.79 Å². The van der Waals surface area contributed by atoms with Crippen molar-refractivity contribution in [1.29, 1.82) is 0 Å². The first kappa shape index (κ1) is 15.7. The molecule has 21 heavy (non-hydrogen) atoms. The largest absolute Gasteiger partial charge is 0.328 e. The van der Waals surface area contributed by atoms with Crippen LogP contribution < -0.4 is 16.6 Å². The smallest absolute Gasteiger partial charge is 0.250 e. The molecule has 6 heteroatoms. The van der Waals surface area contributed by atoms with Crippen molar-refractivity contribution in [3.8, 4) is 0 Å². The lowest BCUT2D eigenvalue weighted by Crippen LogP contribution is -2.43. The number of nitrogens with two attached hydrogens (primary N) is 1. The van der Waals surface area contributed by atoms with Gasteiger partial charge in [0, 0.05) is 37.9 Å². The van der Waals surface area contributed by atoms with E-state index in [4.69, 9.17) is 5.73 Å². The first-order valence-electron chi connectivity index (χ1n) is 7.56. The van der Waals surface area contributed by atoms with Gasteiger partial charge in [0.1, 0.15) is 0 Å². The van der Waals surface area contributed by atoms with Crippen LogP contribution in [-0.2, 0) is 11.3 Å². The van der Waals surface area contributed by atoms with Gasteiger partial charge >= 0.3 is 0 Å². The predicted molar refractivity (Wildman–Crippen MR) is 83.3 cm³/mol. The molecule has 116 valence electrons. The minimum atomic E-state index is -0.0489. The minimum Gasteiger partial charge on any atom is -0.328 e. The Kier molecular flexibility index (Phi) is 5.52. The topological polar surface area (TPSA) is 80.4 Å². The molecule has 6 nitrogen and oxygen atoms in total. The van der Waals surface area contributed by atoms with Gasteiger partial charge in [-0.2, -0.15) is 0 Å². The van der Waals surface area contributed by atoms with Crippen molar-refractivity contribution in [2.75, 3.05) is 25.0 Å². The van der Waals surface area contributed by atoms with Crippen LogP contribution in [0.1, 0.15) is 26.2 Å². The number of aromatic nitrogens is 1. The highest BCUT2D eigenvalue weighted by Crippen LogP contribution is 2.09. The number of amides is 1. The summed E-state index contributed by atoms with van der Waals surface area (Å²) in [6, 6.07) is 3.41. The van der Waals surface area contributed by atoms with Gasteiger partial charge in [-0.25, -0.2) is 0 Å². The lowest BCUT2D eigenvalue weighted by atomic mass is 10.1. The van der Waals surface area contributed by atoms with Crippen LogP contribution in [0.4, 0.5) is 5.69 Å². The summed E-state index contributed by atoms with van der Waals surface area (Å²) in [5.41, 5.74) is 6.48. The van der Waals surface area contributed by atoms with Crippen LogP contribution in [0, 0.1) is 0 Å². The van der Waals surface area contributed by atoms with Gasteiger partial charge in [0.2, 0.25) is 5.91 Å². The van der Waals surface area contributed by atoms with Crippen molar-refractivity contribution in [2.45, 2.75) is 38.8 Å². The first-order chi connectivity index (χ1) is 10.1. The normalized spacial score (nSPS) is 16.9. The van der Waals surface area contributed by atoms with Crippen LogP contribution in [0.25, 0.3) is 0 Å². The van der Waals surface area contributed by atoms with Gasteiger partial charge in [-0.05, 0) is 25.3 Å². The second-order valence-corrected chi connectivity index (χ2v) is 5.61. The fourth-order valence-corrected chi connectivity index (χ4v) is 2.54. The summed E-state index contributed by atoms with van der Waals surface area (Å²) in [5.74, 6) is -0.0489. The van der Waals surface area contributed by atoms with Gasteiger partial charge in [0.15, 0.2) is 0 Å². The SMILES string of the molecule is CCCn1cc(NC(=O)CN2CCC(N)CC2)ccc1=O. The molecule has 0 atom stereocenters. The van der Waals surface area contributed by atoms with Gasteiger partial charge in [0.25, 0.3) is 5.56 Å². The van der Waals surface area contributed by atoms with Crippen molar-refractivity contribution in [3.63, 3.8) is 0 Å². The Hall–Kier alpha value is -1.66. The maximum absolute atomic E-state index is 12.0. The van der Waals surface area contributed by atoms with Crippen molar-refractivity contribution >= 4 is 11.6 Å². The zero-order valence-electron chi connectivity index (χ0n) is 12.5. The number of piperidine rings is 1. The zero-order chi connectivity index (χ0) is 15.2. The van der Waals surface area contributed by atoms with E-state index in [0.29, 0.717) is 18.8 Å². The Morgan fingerprint density at radius 3 is 2.76 bits per heavy atom. The van der Waals surface area contributed by atoms with E-state index >= 15 is 0 Å². The second kappa shape index (κ2) is 7.38. The lowest BCUT2D eigenvalue weighted by Gasteiger charge is -2.29. The summed E-state index contributed by atoms with van der Waals surface area (Å²) >= 11 is 0. The maximum Gasteiger partial charge on any atom is 0.250 e. The number of anilines is 1. The molecule has 1 aliphatic heterocycles. The van der Waals surface area contributed by atoms with E-state index in [-0.39, 0.29) is 17.5 Å². The Morgan fingerprint density at radius 1 is 1.38 bits per heavy atom. The van der Waals surface area contributed by atoms with E-state index in [1.165, 1.54) is 6.07 Å². The van der Waals surface area contributed by atoms with E-state index in [0.717, 1.165) is 32.4 Å². The van der Waals surface area contributed by atoms with Gasteiger partial charge < -0.3 is 15.6 Å². The minimum absolute atomic E-state index is 0.0418. The molecule has 0 unspecified atom stereocenters. The molecule has 0 radical (unpaired) electrons. The van der Waals surface area contributed by atoms with Crippen molar-refractivity contribution in [2.24, 2.45) is 5.73 Å². The standard InChI is InChI=1S/C15H24N4O2/c1-2-7-19-10-13(3-4-15(19)21)17-14(20)11-18-8-5-12(16)6-9-18/h3-4,10,12H,2,5-9,11,16H2,1H3,(H,17,20). The van der Waals surface area contributed by atoms with E-state index in [2.05, 4.69) is 10.2 Å². The van der Waals surface area contributed by atoms with Crippen LogP contribution in [0.2, 0.25) is 0 Å². The number of likely N-dealkylation sites (tertiary alicyclic amines) is 1. The molecule has 0 aromatic carbocycles. The van der Waals surface area contributed by atoms with Gasteiger partial charge in [-0.1, -0.05) is 6.92 Å². The van der Waals surface area contributed by atoms with Crippen molar-refractivity contribution in [1.82, 2.24) is 9.47 Å². The number of pyridine rings is 1. The highest BCUT2D eigenvalue weighted by molar-refractivity contribution is 5.92. The summed E-state index contributed by atoms with van der Waals surface area (Å²) in [7, 11) is 0. The average molecular weight is 292 g/mol. The summed E-state index contributed by atoms with van der Waals surface area (Å²) in [6.07, 6.45) is 4.46. The van der Waals surface area contributed by atoms with Gasteiger partial charge in [-0.15, -0.1) is 0 Å². The summed E-state index contributed by atoms with van der Waals surface area (Å²) < 4.78 is 1.62. The Morgan fingerprint density at radius 2 is 2.10 bits per heavy atom. The quantitative estimate of drug-likeness (QED) is 0.833. The molecule has 1 amide bonds. The summed E-state index contributed by atoms with van der Waals surface area (Å²) in [4.78, 5) is 25.8. The Bertz CT molecular complexity index is 533. The molecule has 1 aromatic rings. The molecule has 0 spiro atoms. The zero-order valence-corrected chi connectivity index (χ0v) is 12.5. The molecule has 3 N–H and O–H groups in total. The number of hydrogen-bond donors (Lipinski definition) is 2. The monoisotopic (exact) mass is 292 g/mol. The average Bonchev–Trinajstić information content (AvgIpc) is 2.45. The number of hydrogen-bond acceptors (Lipinski definition) is 4. The predicted octanol–water partition coefficient (Wildman–Crippen LogP) is 0.620. The summed E-state index contributed by atoms with van der Waals surface area (Å²) in [6.45, 7) is 4.78. The first-order valence-corrected chi connectivity index (χ1v) is 7.56. The highest BCUT2D eigenvalue weighted by atomic mass is 16.2. The third-order valence-electron chi connectivity index (χ3n) is 3.73. The molecule has 0 bridgehead atoms. The third-order valence-corrected chi connectivity index (χ3v) is 3.73. The number of nitrogens with zero attached hydrogens (tertiary/aromatic N) is 2. The van der Waals surface area contributed by atoms with E-state index < -0.39 is 0 Å².